The molecular weight excluding hydrogens is 304 g/mol. The summed E-state index contributed by atoms with van der Waals surface area (Å²) >= 11 is 0. The Morgan fingerprint density at radius 3 is 2.50 bits per heavy atom. The van der Waals surface area contributed by atoms with Gasteiger partial charge in [0.1, 0.15) is 0 Å². The number of carbonyl (C=O) groups is 2. The van der Waals surface area contributed by atoms with Crippen molar-refractivity contribution in [2.45, 2.75) is 13.0 Å². The van der Waals surface area contributed by atoms with Crippen molar-refractivity contribution in [3.8, 4) is 0 Å². The van der Waals surface area contributed by atoms with Crippen molar-refractivity contribution in [2.24, 2.45) is 0 Å². The number of rotatable bonds is 6. The third-order valence-electron chi connectivity index (χ3n) is 3.90. The van der Waals surface area contributed by atoms with Gasteiger partial charge in [0.2, 0.25) is 5.91 Å². The van der Waals surface area contributed by atoms with Gasteiger partial charge in [-0.25, -0.2) is 4.79 Å². The number of carbonyl (C=O) groups excluding carboxylic acids is 2. The number of ether oxygens (including phenoxy) is 1. The van der Waals surface area contributed by atoms with Gasteiger partial charge in [0, 0.05) is 11.7 Å². The van der Waals surface area contributed by atoms with Crippen molar-refractivity contribution in [3.05, 3.63) is 65.7 Å². The van der Waals surface area contributed by atoms with Crippen LogP contribution in [0.1, 0.15) is 28.9 Å². The zero-order valence-electron chi connectivity index (χ0n) is 14.2. The highest BCUT2D eigenvalue weighted by Gasteiger charge is 2.15. The zero-order valence-corrected chi connectivity index (χ0v) is 14.2. The Morgan fingerprint density at radius 1 is 1.12 bits per heavy atom. The van der Waals surface area contributed by atoms with Crippen LogP contribution in [0.3, 0.4) is 0 Å². The number of amides is 1. The van der Waals surface area contributed by atoms with E-state index in [2.05, 4.69) is 17.0 Å². The van der Waals surface area contributed by atoms with Gasteiger partial charge >= 0.3 is 5.97 Å². The van der Waals surface area contributed by atoms with Gasteiger partial charge in [-0.05, 0) is 37.7 Å². The molecule has 1 amide bonds. The van der Waals surface area contributed by atoms with Gasteiger partial charge < -0.3 is 10.1 Å². The molecule has 1 N–H and O–H groups in total. The summed E-state index contributed by atoms with van der Waals surface area (Å²) in [6.07, 6.45) is 0. The smallest absolute Gasteiger partial charge is 0.337 e. The largest absolute Gasteiger partial charge is 0.465 e. The van der Waals surface area contributed by atoms with E-state index in [-0.39, 0.29) is 18.5 Å². The van der Waals surface area contributed by atoms with Crippen LogP contribution in [-0.4, -0.2) is 37.5 Å². The van der Waals surface area contributed by atoms with Crippen LogP contribution in [0.15, 0.2) is 54.6 Å². The summed E-state index contributed by atoms with van der Waals surface area (Å²) in [6.45, 7) is 2.30. The van der Waals surface area contributed by atoms with Crippen molar-refractivity contribution in [1.82, 2.24) is 4.90 Å². The number of nitrogens with zero attached hydrogens (tertiary/aromatic N) is 1. The van der Waals surface area contributed by atoms with Gasteiger partial charge in [0.05, 0.1) is 19.2 Å². The lowest BCUT2D eigenvalue weighted by atomic mass is 10.1. The van der Waals surface area contributed by atoms with Gasteiger partial charge in [-0.15, -0.1) is 0 Å². The summed E-state index contributed by atoms with van der Waals surface area (Å²) < 4.78 is 4.68. The number of esters is 1. The third kappa shape index (κ3) is 4.67. The van der Waals surface area contributed by atoms with Gasteiger partial charge in [-0.3, -0.25) is 9.69 Å². The first kappa shape index (κ1) is 17.7. The maximum absolute atomic E-state index is 12.2. The molecule has 0 fully saturated rings. The molecule has 0 saturated carbocycles. The first-order valence-corrected chi connectivity index (χ1v) is 7.74. The van der Waals surface area contributed by atoms with E-state index in [9.17, 15) is 9.59 Å². The highest BCUT2D eigenvalue weighted by Crippen LogP contribution is 2.18. The summed E-state index contributed by atoms with van der Waals surface area (Å²) in [5, 5.41) is 2.81. The number of likely N-dealkylation sites (N-methyl/N-ethyl adjacent to an activating group) is 1. The van der Waals surface area contributed by atoms with Crippen molar-refractivity contribution in [2.75, 3.05) is 26.0 Å². The Labute approximate surface area is 142 Å². The van der Waals surface area contributed by atoms with E-state index in [4.69, 9.17) is 0 Å². The molecule has 1 atom stereocenters. The molecule has 0 bridgehead atoms. The average molecular weight is 326 g/mol. The van der Waals surface area contributed by atoms with E-state index >= 15 is 0 Å². The fraction of sp³-hybridized carbons (Fsp3) is 0.263. The van der Waals surface area contributed by atoms with Gasteiger partial charge in [0.15, 0.2) is 0 Å². The maximum Gasteiger partial charge on any atom is 0.337 e. The summed E-state index contributed by atoms with van der Waals surface area (Å²) in [6, 6.07) is 16.8. The lowest BCUT2D eigenvalue weighted by molar-refractivity contribution is -0.117. The molecule has 0 saturated heterocycles. The second kappa shape index (κ2) is 8.26. The lowest BCUT2D eigenvalue weighted by Gasteiger charge is -2.24. The highest BCUT2D eigenvalue weighted by atomic mass is 16.5. The number of anilines is 1. The summed E-state index contributed by atoms with van der Waals surface area (Å²) in [4.78, 5) is 25.7. The van der Waals surface area contributed by atoms with Gasteiger partial charge in [-0.1, -0.05) is 36.4 Å². The Kier molecular flexibility index (Phi) is 6.09. The number of methoxy groups -OCH3 is 1. The predicted octanol–water partition coefficient (Wildman–Crippen LogP) is 3.10. The van der Waals surface area contributed by atoms with E-state index in [1.807, 2.05) is 42.3 Å². The molecular formula is C19H22N2O3. The molecule has 0 aromatic heterocycles. The van der Waals surface area contributed by atoms with Crippen LogP contribution in [0.25, 0.3) is 0 Å². The topological polar surface area (TPSA) is 58.6 Å². The molecule has 2 rings (SSSR count). The van der Waals surface area contributed by atoms with Gasteiger partial charge in [0.25, 0.3) is 0 Å². The first-order valence-electron chi connectivity index (χ1n) is 7.74. The molecule has 0 heterocycles. The fourth-order valence-corrected chi connectivity index (χ4v) is 2.39. The first-order chi connectivity index (χ1) is 11.5. The normalized spacial score (nSPS) is 11.8. The molecule has 24 heavy (non-hydrogen) atoms. The number of hydrogen-bond donors (Lipinski definition) is 1. The molecule has 126 valence electrons. The van der Waals surface area contributed by atoms with Crippen molar-refractivity contribution in [1.29, 1.82) is 0 Å². The van der Waals surface area contributed by atoms with Gasteiger partial charge in [-0.2, -0.15) is 0 Å². The van der Waals surface area contributed by atoms with Crippen LogP contribution >= 0.6 is 0 Å². The summed E-state index contributed by atoms with van der Waals surface area (Å²) in [7, 11) is 3.23. The van der Waals surface area contributed by atoms with Crippen LogP contribution in [-0.2, 0) is 9.53 Å². The minimum absolute atomic E-state index is 0.123. The van der Waals surface area contributed by atoms with E-state index < -0.39 is 5.97 Å². The number of nitrogens with one attached hydrogen (secondary N) is 1. The molecule has 0 aliphatic carbocycles. The molecule has 0 radical (unpaired) electrons. The van der Waals surface area contributed by atoms with Crippen LogP contribution < -0.4 is 5.32 Å². The Bertz CT molecular complexity index is 701. The molecule has 5 heteroatoms. The molecule has 2 aromatic rings. The Balaban J connectivity index is 1.97. The number of benzene rings is 2. The quantitative estimate of drug-likeness (QED) is 0.829. The Hall–Kier alpha value is -2.66. The predicted molar refractivity (Wildman–Crippen MR) is 93.9 cm³/mol. The van der Waals surface area contributed by atoms with Crippen LogP contribution in [0, 0.1) is 0 Å². The van der Waals surface area contributed by atoms with Crippen LogP contribution in [0.5, 0.6) is 0 Å². The van der Waals surface area contributed by atoms with Crippen molar-refractivity contribution in [3.63, 3.8) is 0 Å². The molecule has 0 aliphatic heterocycles. The monoisotopic (exact) mass is 326 g/mol. The second-order valence-corrected chi connectivity index (χ2v) is 5.62. The van der Waals surface area contributed by atoms with E-state index in [0.717, 1.165) is 5.56 Å². The maximum atomic E-state index is 12.2. The fourth-order valence-electron chi connectivity index (χ4n) is 2.39. The van der Waals surface area contributed by atoms with Crippen molar-refractivity contribution >= 4 is 17.6 Å². The molecule has 1 unspecified atom stereocenters. The molecule has 0 spiro atoms. The van der Waals surface area contributed by atoms with E-state index in [1.54, 1.807) is 24.3 Å². The van der Waals surface area contributed by atoms with Crippen molar-refractivity contribution < 1.29 is 14.3 Å². The minimum atomic E-state index is -0.430. The molecule has 0 aliphatic rings. The molecule has 5 nitrogen and oxygen atoms in total. The second-order valence-electron chi connectivity index (χ2n) is 5.62. The molecule has 2 aromatic carbocycles. The van der Waals surface area contributed by atoms with E-state index in [0.29, 0.717) is 11.3 Å². The number of hydrogen-bond acceptors (Lipinski definition) is 4. The van der Waals surface area contributed by atoms with Crippen LogP contribution in [0.2, 0.25) is 0 Å². The minimum Gasteiger partial charge on any atom is -0.465 e. The highest BCUT2D eigenvalue weighted by molar-refractivity contribution is 5.95. The summed E-state index contributed by atoms with van der Waals surface area (Å²) in [5.41, 5.74) is 2.13. The third-order valence-corrected chi connectivity index (χ3v) is 3.90. The van der Waals surface area contributed by atoms with Crippen LogP contribution in [0.4, 0.5) is 5.69 Å². The average Bonchev–Trinajstić information content (AvgIpc) is 2.61. The lowest BCUT2D eigenvalue weighted by Crippen LogP contribution is -2.32. The summed E-state index contributed by atoms with van der Waals surface area (Å²) in [5.74, 6) is -0.566. The van der Waals surface area contributed by atoms with E-state index in [1.165, 1.54) is 7.11 Å². The SMILES string of the molecule is COC(=O)c1cccc(NC(=O)CN(C)C(C)c2ccccc2)c1. The Morgan fingerprint density at radius 2 is 1.83 bits per heavy atom. The standard InChI is InChI=1S/C19H22N2O3/c1-14(15-8-5-4-6-9-15)21(2)13-18(22)20-17-11-7-10-16(12-17)19(23)24-3/h4-12,14H,13H2,1-3H3,(H,20,22). The zero-order chi connectivity index (χ0) is 17.5.